The van der Waals surface area contributed by atoms with E-state index in [9.17, 15) is 14.4 Å². The molecule has 2 fully saturated rings. The predicted octanol–water partition coefficient (Wildman–Crippen LogP) is 6.09. The molecule has 2 aromatic carbocycles. The highest BCUT2D eigenvalue weighted by Gasteiger charge is 2.38. The second-order valence-corrected chi connectivity index (χ2v) is 14.3. The second-order valence-electron chi connectivity index (χ2n) is 14.3. The predicted molar refractivity (Wildman–Crippen MR) is 196 cm³/mol. The second kappa shape index (κ2) is 15.5. The molecule has 4 N–H and O–H groups in total. The first-order valence-electron chi connectivity index (χ1n) is 18.0. The first-order chi connectivity index (χ1) is 24.6. The summed E-state index contributed by atoms with van der Waals surface area (Å²) in [6.45, 7) is 9.30. The maximum Gasteiger partial charge on any atom is 0.407 e. The van der Waals surface area contributed by atoms with Crippen LogP contribution in [0.1, 0.15) is 77.1 Å². The lowest BCUT2D eigenvalue weighted by atomic mass is 10.0. The van der Waals surface area contributed by atoms with Gasteiger partial charge in [-0.3, -0.25) is 9.59 Å². The zero-order valence-electron chi connectivity index (χ0n) is 30.4. The van der Waals surface area contributed by atoms with Gasteiger partial charge >= 0.3 is 6.09 Å². The Bertz CT molecular complexity index is 1810. The van der Waals surface area contributed by atoms with E-state index in [1.165, 1.54) is 7.11 Å². The number of hydrogen-bond donors (Lipinski definition) is 4. The molecular weight excluding hydrogens is 644 g/mol. The van der Waals surface area contributed by atoms with Gasteiger partial charge in [-0.15, -0.1) is 0 Å². The molecule has 12 heteroatoms. The van der Waals surface area contributed by atoms with Gasteiger partial charge in [-0.1, -0.05) is 76.2 Å². The topological polar surface area (TPSA) is 148 Å². The van der Waals surface area contributed by atoms with Crippen molar-refractivity contribution in [1.82, 2.24) is 40.4 Å². The molecule has 4 heterocycles. The van der Waals surface area contributed by atoms with E-state index in [1.54, 1.807) is 0 Å². The largest absolute Gasteiger partial charge is 0.453 e. The summed E-state index contributed by atoms with van der Waals surface area (Å²) >= 11 is 0. The van der Waals surface area contributed by atoms with Crippen LogP contribution in [-0.2, 0) is 14.3 Å². The van der Waals surface area contributed by atoms with Crippen LogP contribution in [0.2, 0.25) is 0 Å². The summed E-state index contributed by atoms with van der Waals surface area (Å²) in [7, 11) is 3.14. The maximum absolute atomic E-state index is 13.5. The molecule has 51 heavy (non-hydrogen) atoms. The number of rotatable bonds is 11. The van der Waals surface area contributed by atoms with E-state index in [2.05, 4.69) is 88.0 Å². The Morgan fingerprint density at radius 1 is 0.706 bits per heavy atom. The Balaban J connectivity index is 1.11. The van der Waals surface area contributed by atoms with Gasteiger partial charge in [0, 0.05) is 13.1 Å². The van der Waals surface area contributed by atoms with Crippen LogP contribution in [0, 0.1) is 11.8 Å². The highest BCUT2D eigenvalue weighted by Crippen LogP contribution is 2.35. The van der Waals surface area contributed by atoms with E-state index >= 15 is 0 Å². The van der Waals surface area contributed by atoms with Gasteiger partial charge in [-0.05, 0) is 66.8 Å². The van der Waals surface area contributed by atoms with Crippen LogP contribution in [0.25, 0.3) is 33.6 Å². The monoisotopic (exact) mass is 694 g/mol. The number of aromatic amines is 2. The van der Waals surface area contributed by atoms with E-state index in [4.69, 9.17) is 9.72 Å². The molecule has 2 saturated heterocycles. The van der Waals surface area contributed by atoms with Crippen LogP contribution >= 0.6 is 0 Å². The maximum atomic E-state index is 13.5. The number of alkyl carbamates (subject to hydrolysis) is 1. The van der Waals surface area contributed by atoms with E-state index < -0.39 is 12.1 Å². The first-order valence-corrected chi connectivity index (χ1v) is 18.0. The molecule has 0 saturated carbocycles. The summed E-state index contributed by atoms with van der Waals surface area (Å²) in [5.74, 6) is 1.69. The Labute approximate surface area is 299 Å². The molecule has 270 valence electrons. The number of methoxy groups -OCH3 is 1. The average Bonchev–Trinajstić information content (AvgIpc) is 3.97. The fraction of sp³-hybridized carbons (Fsp3) is 0.462. The molecule has 3 amide bonds. The number of benzene rings is 2. The van der Waals surface area contributed by atoms with Gasteiger partial charge in [0.25, 0.3) is 0 Å². The molecule has 0 radical (unpaired) electrons. The Morgan fingerprint density at radius 3 is 1.51 bits per heavy atom. The summed E-state index contributed by atoms with van der Waals surface area (Å²) in [6.07, 6.45) is 6.58. The van der Waals surface area contributed by atoms with Crippen LogP contribution in [0.5, 0.6) is 0 Å². The molecule has 2 aliphatic rings. The van der Waals surface area contributed by atoms with Gasteiger partial charge in [0.2, 0.25) is 11.8 Å². The standard InChI is InChI=1S/C39H50N8O4/c1-23(2)33(40-5)37(48)46-19-7-9-31(46)35-41-21-29(43-35)27-15-11-25(12-16-27)26-13-17-28(18-14-26)30-22-42-36(44-30)32-10-8-20-47(32)38(49)34(24(3)4)45-39(50)51-6/h11-18,21-24,31-34,40H,7-10,19-20H2,1-6H3,(H,41,43)(H,42,44)(H,45,50)/t31-,32?,33-,34-/m0/s1. The molecule has 1 unspecified atom stereocenters. The lowest BCUT2D eigenvalue weighted by Crippen LogP contribution is -2.51. The average molecular weight is 695 g/mol. The van der Waals surface area contributed by atoms with Gasteiger partial charge in [0.05, 0.1) is 49.0 Å². The van der Waals surface area contributed by atoms with Crippen LogP contribution in [0.4, 0.5) is 4.79 Å². The van der Waals surface area contributed by atoms with Crippen molar-refractivity contribution in [2.24, 2.45) is 11.8 Å². The number of H-pyrrole nitrogens is 2. The molecule has 4 atom stereocenters. The molecule has 6 rings (SSSR count). The number of ether oxygens (including phenoxy) is 1. The van der Waals surface area contributed by atoms with Crippen molar-refractivity contribution >= 4 is 17.9 Å². The van der Waals surface area contributed by atoms with Crippen LogP contribution in [0.15, 0.2) is 60.9 Å². The molecule has 2 aliphatic heterocycles. The van der Waals surface area contributed by atoms with Crippen molar-refractivity contribution in [3.63, 3.8) is 0 Å². The van der Waals surface area contributed by atoms with Crippen molar-refractivity contribution in [2.45, 2.75) is 77.5 Å². The Kier molecular flexibility index (Phi) is 10.9. The van der Waals surface area contributed by atoms with E-state index in [0.717, 1.165) is 77.5 Å². The Morgan fingerprint density at radius 2 is 1.12 bits per heavy atom. The summed E-state index contributed by atoms with van der Waals surface area (Å²) < 4.78 is 4.75. The fourth-order valence-electron chi connectivity index (χ4n) is 7.42. The number of amides is 3. The number of nitrogens with zero attached hydrogens (tertiary/aromatic N) is 4. The molecular formula is C39H50N8O4. The summed E-state index contributed by atoms with van der Waals surface area (Å²) in [6, 6.07) is 15.6. The molecule has 12 nitrogen and oxygen atoms in total. The number of carbonyl (C=O) groups is 3. The van der Waals surface area contributed by atoms with Gasteiger partial charge in [0.1, 0.15) is 17.7 Å². The van der Waals surface area contributed by atoms with Crippen molar-refractivity contribution in [1.29, 1.82) is 0 Å². The van der Waals surface area contributed by atoms with Crippen molar-refractivity contribution in [3.05, 3.63) is 72.6 Å². The highest BCUT2D eigenvalue weighted by molar-refractivity contribution is 5.86. The summed E-state index contributed by atoms with van der Waals surface area (Å²) in [4.78, 5) is 58.9. The van der Waals surface area contributed by atoms with Gasteiger partial charge in [-0.25, -0.2) is 14.8 Å². The zero-order chi connectivity index (χ0) is 36.2. The number of imidazole rings is 2. The zero-order valence-corrected chi connectivity index (χ0v) is 30.4. The van der Waals surface area contributed by atoms with E-state index in [0.29, 0.717) is 6.54 Å². The minimum atomic E-state index is -0.674. The number of carbonyl (C=O) groups excluding carboxylic acids is 3. The molecule has 0 bridgehead atoms. The summed E-state index contributed by atoms with van der Waals surface area (Å²) in [5.41, 5.74) is 6.02. The number of aromatic nitrogens is 4. The van der Waals surface area contributed by atoms with Crippen molar-refractivity contribution < 1.29 is 19.1 Å². The van der Waals surface area contributed by atoms with E-state index in [1.807, 2.05) is 43.1 Å². The van der Waals surface area contributed by atoms with Gasteiger partial charge in [-0.2, -0.15) is 0 Å². The van der Waals surface area contributed by atoms with Gasteiger partial charge in [0.15, 0.2) is 0 Å². The van der Waals surface area contributed by atoms with E-state index in [-0.39, 0.29) is 41.8 Å². The smallest absolute Gasteiger partial charge is 0.407 e. The highest BCUT2D eigenvalue weighted by atomic mass is 16.5. The lowest BCUT2D eigenvalue weighted by Gasteiger charge is -2.30. The number of likely N-dealkylation sites (N-methyl/N-ethyl adjacent to an activating group) is 1. The Hall–Kier alpha value is -4.97. The quantitative estimate of drug-likeness (QED) is 0.149. The summed E-state index contributed by atoms with van der Waals surface area (Å²) in [5, 5.41) is 5.89. The molecule has 0 aliphatic carbocycles. The first kappa shape index (κ1) is 35.8. The SMILES string of the molecule is CN[C@H](C(=O)N1CCC[C@H]1c1ncc(-c2ccc(-c3ccc(-c4cnc(C5CCCN5C(=O)[C@@H](NC(=O)OC)C(C)C)[nH]4)cc3)cc2)[nH]1)C(C)C. The minimum Gasteiger partial charge on any atom is -0.453 e. The lowest BCUT2D eigenvalue weighted by molar-refractivity contribution is -0.136. The number of hydrogen-bond acceptors (Lipinski definition) is 7. The minimum absolute atomic E-state index is 0.0447. The van der Waals surface area contributed by atoms with Gasteiger partial charge < -0.3 is 35.1 Å². The number of nitrogens with one attached hydrogen (secondary N) is 4. The van der Waals surface area contributed by atoms with Crippen molar-refractivity contribution in [3.8, 4) is 33.6 Å². The van der Waals surface area contributed by atoms with Crippen molar-refractivity contribution in [2.75, 3.05) is 27.2 Å². The normalized spacial score (nSPS) is 18.7. The van der Waals surface area contributed by atoms with Crippen LogP contribution < -0.4 is 10.6 Å². The van der Waals surface area contributed by atoms with Crippen LogP contribution in [-0.4, -0.2) is 87.0 Å². The third-order valence-electron chi connectivity index (χ3n) is 10.3. The fourth-order valence-corrected chi connectivity index (χ4v) is 7.42. The third kappa shape index (κ3) is 7.56. The third-order valence-corrected chi connectivity index (χ3v) is 10.3. The van der Waals surface area contributed by atoms with Crippen LogP contribution in [0.3, 0.4) is 0 Å². The molecule has 2 aromatic heterocycles. The molecule has 4 aromatic rings. The number of likely N-dealkylation sites (tertiary alicyclic amines) is 2. The molecule has 0 spiro atoms.